The van der Waals surface area contributed by atoms with E-state index < -0.39 is 12.2 Å². The van der Waals surface area contributed by atoms with Gasteiger partial charge in [-0.05, 0) is 19.1 Å². The number of nitrogens with zero attached hydrogens (tertiary/aromatic N) is 1. The highest BCUT2D eigenvalue weighted by Crippen LogP contribution is 2.19. The van der Waals surface area contributed by atoms with Gasteiger partial charge in [0.25, 0.3) is 0 Å². The molecule has 0 atom stereocenters. The van der Waals surface area contributed by atoms with Crippen molar-refractivity contribution in [1.82, 2.24) is 0 Å². The van der Waals surface area contributed by atoms with Crippen molar-refractivity contribution in [1.29, 1.82) is 0 Å². The lowest BCUT2D eigenvalue weighted by Gasteiger charge is -2.06. The van der Waals surface area contributed by atoms with Crippen LogP contribution in [-0.2, 0) is 4.74 Å². The van der Waals surface area contributed by atoms with Gasteiger partial charge in [-0.25, -0.2) is 4.99 Å². The molecule has 0 aliphatic carbocycles. The van der Waals surface area contributed by atoms with Crippen molar-refractivity contribution in [3.8, 4) is 0 Å². The zero-order chi connectivity index (χ0) is 10.3. The number of hydrogen-bond donors (Lipinski definition) is 0. The Morgan fingerprint density at radius 1 is 1.54 bits per heavy atom. The Bertz CT molecular complexity index is 218. The molecule has 74 valence electrons. The summed E-state index contributed by atoms with van der Waals surface area (Å²) in [5.41, 5.74) is 0. The zero-order valence-corrected chi connectivity index (χ0v) is 7.14. The maximum Gasteiger partial charge on any atom is 0.574 e. The summed E-state index contributed by atoms with van der Waals surface area (Å²) in [6.45, 7) is 4.86. The summed E-state index contributed by atoms with van der Waals surface area (Å²) in [5, 5.41) is 0. The van der Waals surface area contributed by atoms with E-state index >= 15 is 0 Å². The smallest absolute Gasteiger partial charge is 0.389 e. The lowest BCUT2D eigenvalue weighted by Crippen LogP contribution is -2.11. The van der Waals surface area contributed by atoms with Gasteiger partial charge in [-0.2, -0.15) is 0 Å². The Hall–Kier alpha value is -1.26. The number of allylic oxidation sites excluding steroid dienone is 2. The largest absolute Gasteiger partial charge is 0.574 e. The van der Waals surface area contributed by atoms with E-state index in [1.807, 2.05) is 6.92 Å². The normalized spacial score (nSPS) is 12.6. The zero-order valence-electron chi connectivity index (χ0n) is 7.14. The molecule has 0 aromatic heterocycles. The van der Waals surface area contributed by atoms with Crippen molar-refractivity contribution < 1.29 is 17.9 Å². The SMILES string of the molecule is C=C(N=C/C=C\CC)OC(F)(F)F. The summed E-state index contributed by atoms with van der Waals surface area (Å²) >= 11 is 0. The van der Waals surface area contributed by atoms with E-state index in [9.17, 15) is 13.2 Å². The molecule has 5 heteroatoms. The molecular formula is C8H10F3NO. The topological polar surface area (TPSA) is 21.6 Å². The predicted molar refractivity (Wildman–Crippen MR) is 44.2 cm³/mol. The molecule has 2 nitrogen and oxygen atoms in total. The van der Waals surface area contributed by atoms with Gasteiger partial charge in [0.1, 0.15) is 0 Å². The first-order valence-electron chi connectivity index (χ1n) is 3.59. The van der Waals surface area contributed by atoms with Crippen molar-refractivity contribution in [2.75, 3.05) is 0 Å². The van der Waals surface area contributed by atoms with E-state index in [0.717, 1.165) is 6.42 Å². The van der Waals surface area contributed by atoms with Crippen LogP contribution in [0, 0.1) is 0 Å². The minimum Gasteiger partial charge on any atom is -0.389 e. The van der Waals surface area contributed by atoms with E-state index in [-0.39, 0.29) is 0 Å². The lowest BCUT2D eigenvalue weighted by atomic mass is 10.4. The van der Waals surface area contributed by atoms with Crippen LogP contribution in [0.4, 0.5) is 13.2 Å². The Labute approximate surface area is 74.4 Å². The standard InChI is InChI=1S/C8H10F3NO/c1-3-4-5-6-12-7(2)13-8(9,10)11/h4-6H,2-3H2,1H3/b5-4-,12-6?. The van der Waals surface area contributed by atoms with Gasteiger partial charge in [0.05, 0.1) is 0 Å². The fourth-order valence-electron chi connectivity index (χ4n) is 0.483. The Morgan fingerprint density at radius 2 is 2.15 bits per heavy atom. The third-order valence-corrected chi connectivity index (χ3v) is 0.910. The number of ether oxygens (including phenoxy) is 1. The molecule has 0 heterocycles. The highest BCUT2D eigenvalue weighted by Gasteiger charge is 2.31. The van der Waals surface area contributed by atoms with Gasteiger partial charge in [0.2, 0.25) is 5.88 Å². The first-order chi connectivity index (χ1) is 5.95. The molecule has 0 aliphatic heterocycles. The van der Waals surface area contributed by atoms with Gasteiger partial charge in [0, 0.05) is 6.21 Å². The van der Waals surface area contributed by atoms with Crippen LogP contribution in [0.3, 0.4) is 0 Å². The van der Waals surface area contributed by atoms with Crippen LogP contribution in [0.15, 0.2) is 29.6 Å². The molecule has 0 saturated heterocycles. The second-order valence-corrected chi connectivity index (χ2v) is 2.06. The van der Waals surface area contributed by atoms with E-state index in [1.165, 1.54) is 12.3 Å². The maximum absolute atomic E-state index is 11.5. The summed E-state index contributed by atoms with van der Waals surface area (Å²) in [6.07, 6.45) is 0.522. The summed E-state index contributed by atoms with van der Waals surface area (Å²) in [5.74, 6) is -0.673. The summed E-state index contributed by atoms with van der Waals surface area (Å²) in [6, 6.07) is 0. The van der Waals surface area contributed by atoms with E-state index in [0.29, 0.717) is 0 Å². The van der Waals surface area contributed by atoms with Crippen LogP contribution in [0.2, 0.25) is 0 Å². The molecule has 0 radical (unpaired) electrons. The van der Waals surface area contributed by atoms with Crippen molar-refractivity contribution >= 4 is 6.21 Å². The van der Waals surface area contributed by atoms with Gasteiger partial charge in [0.15, 0.2) is 0 Å². The minimum atomic E-state index is -4.72. The second kappa shape index (κ2) is 5.40. The molecule has 0 aromatic carbocycles. The maximum atomic E-state index is 11.5. The third kappa shape index (κ3) is 8.65. The number of aliphatic imine (C=N–C) groups is 1. The van der Waals surface area contributed by atoms with Crippen molar-refractivity contribution in [3.05, 3.63) is 24.6 Å². The van der Waals surface area contributed by atoms with Gasteiger partial charge < -0.3 is 4.74 Å². The van der Waals surface area contributed by atoms with Gasteiger partial charge in [-0.3, -0.25) is 0 Å². The van der Waals surface area contributed by atoms with Gasteiger partial charge in [-0.15, -0.1) is 13.2 Å². The fourth-order valence-corrected chi connectivity index (χ4v) is 0.483. The Balaban J connectivity index is 3.88. The van der Waals surface area contributed by atoms with Crippen LogP contribution < -0.4 is 0 Å². The Kier molecular flexibility index (Phi) is 4.87. The minimum absolute atomic E-state index is 0.673. The fraction of sp³-hybridized carbons (Fsp3) is 0.375. The van der Waals surface area contributed by atoms with Crippen LogP contribution >= 0.6 is 0 Å². The lowest BCUT2D eigenvalue weighted by molar-refractivity contribution is -0.305. The molecule has 0 fully saturated rings. The quantitative estimate of drug-likeness (QED) is 0.496. The number of halogens is 3. The summed E-state index contributed by atoms with van der Waals surface area (Å²) in [7, 11) is 0. The van der Waals surface area contributed by atoms with Crippen LogP contribution in [0.1, 0.15) is 13.3 Å². The Morgan fingerprint density at radius 3 is 2.62 bits per heavy atom. The average molecular weight is 193 g/mol. The van der Waals surface area contributed by atoms with Gasteiger partial charge >= 0.3 is 6.36 Å². The highest BCUT2D eigenvalue weighted by molar-refractivity contribution is 5.71. The molecule has 0 amide bonds. The first kappa shape index (κ1) is 11.7. The molecule has 0 spiro atoms. The van der Waals surface area contributed by atoms with E-state index in [2.05, 4.69) is 16.3 Å². The summed E-state index contributed by atoms with van der Waals surface area (Å²) < 4.78 is 37.9. The number of alkyl halides is 3. The average Bonchev–Trinajstić information content (AvgIpc) is 1.94. The molecule has 0 aliphatic rings. The molecule has 0 bridgehead atoms. The number of hydrogen-bond acceptors (Lipinski definition) is 2. The van der Waals surface area contributed by atoms with Crippen molar-refractivity contribution in [2.24, 2.45) is 4.99 Å². The van der Waals surface area contributed by atoms with Crippen molar-refractivity contribution in [3.63, 3.8) is 0 Å². The molecule has 0 aromatic rings. The molecular weight excluding hydrogens is 183 g/mol. The molecule has 0 unspecified atom stereocenters. The van der Waals surface area contributed by atoms with E-state index in [1.54, 1.807) is 6.08 Å². The monoisotopic (exact) mass is 193 g/mol. The van der Waals surface area contributed by atoms with E-state index in [4.69, 9.17) is 0 Å². The van der Waals surface area contributed by atoms with Gasteiger partial charge in [-0.1, -0.05) is 13.0 Å². The van der Waals surface area contributed by atoms with Crippen molar-refractivity contribution in [2.45, 2.75) is 19.7 Å². The number of rotatable bonds is 4. The van der Waals surface area contributed by atoms with Crippen LogP contribution in [0.5, 0.6) is 0 Å². The molecule has 0 rings (SSSR count). The summed E-state index contributed by atoms with van der Waals surface area (Å²) in [4.78, 5) is 3.30. The third-order valence-electron chi connectivity index (χ3n) is 0.910. The molecule has 0 N–H and O–H groups in total. The second-order valence-electron chi connectivity index (χ2n) is 2.06. The van der Waals surface area contributed by atoms with Crippen LogP contribution in [-0.4, -0.2) is 12.6 Å². The predicted octanol–water partition coefficient (Wildman–Crippen LogP) is 3.03. The van der Waals surface area contributed by atoms with Crippen LogP contribution in [0.25, 0.3) is 0 Å². The first-order valence-corrected chi connectivity index (χ1v) is 3.59. The molecule has 0 saturated carbocycles. The molecule has 13 heavy (non-hydrogen) atoms. The highest BCUT2D eigenvalue weighted by atomic mass is 19.4.